The number of nitrogens with one attached hydrogen (secondary N) is 1. The van der Waals surface area contributed by atoms with Gasteiger partial charge in [0.15, 0.2) is 11.9 Å². The molecule has 1 aromatic carbocycles. The Morgan fingerprint density at radius 3 is 2.49 bits per heavy atom. The fourth-order valence-corrected chi connectivity index (χ4v) is 7.16. The number of benzene rings is 1. The lowest BCUT2D eigenvalue weighted by Crippen LogP contribution is -2.49. The Morgan fingerprint density at radius 1 is 1.15 bits per heavy atom. The first-order chi connectivity index (χ1) is 19.7. The van der Waals surface area contributed by atoms with Gasteiger partial charge >= 0.3 is 13.7 Å². The number of nitrogens with zero attached hydrogens (tertiary/aromatic N) is 1. The van der Waals surface area contributed by atoms with Crippen molar-refractivity contribution in [2.45, 2.75) is 89.7 Å². The normalized spacial score (nSPS) is 18.3. The minimum atomic E-state index is -4.09. The number of nitrogens with two attached hydrogens (primary N) is 1. The molecule has 1 unspecified atom stereocenters. The van der Waals surface area contributed by atoms with E-state index in [0.29, 0.717) is 19.7 Å². The van der Waals surface area contributed by atoms with Crippen LogP contribution in [0.4, 0.5) is 4.79 Å². The average Bonchev–Trinajstić information content (AvgIpc) is 3.17. The maximum atomic E-state index is 13.5. The molecule has 0 spiro atoms. The number of carbonyl (C=O) groups excluding carboxylic acids is 3. The van der Waals surface area contributed by atoms with Crippen molar-refractivity contribution in [2.75, 3.05) is 26.4 Å². The lowest BCUT2D eigenvalue weighted by Gasteiger charge is -2.31. The molecule has 0 radical (unpaired) electrons. The maximum Gasteiger partial charge on any atom is 0.405 e. The highest BCUT2D eigenvalue weighted by Gasteiger charge is 2.42. The molecule has 1 aromatic rings. The molecule has 4 N–H and O–H groups in total. The van der Waals surface area contributed by atoms with Gasteiger partial charge in [-0.25, -0.2) is 4.79 Å². The fraction of sp³-hybridized carbons (Fsp3) is 0.679. The fourth-order valence-electron chi connectivity index (χ4n) is 5.39. The molecule has 3 amide bonds. The van der Waals surface area contributed by atoms with Crippen molar-refractivity contribution in [3.05, 3.63) is 29.8 Å². The largest absolute Gasteiger partial charge is 0.491 e. The van der Waals surface area contributed by atoms with Crippen LogP contribution in [0, 0.1) is 5.92 Å². The van der Waals surface area contributed by atoms with E-state index in [9.17, 15) is 24.1 Å². The third-order valence-corrected chi connectivity index (χ3v) is 9.67. The number of amides is 3. The summed E-state index contributed by atoms with van der Waals surface area (Å²) in [6.45, 7) is 4.24. The number of hydrogen-bond donors (Lipinski definition) is 3. The van der Waals surface area contributed by atoms with Crippen molar-refractivity contribution >= 4 is 25.5 Å². The molecule has 1 aliphatic heterocycles. The number of primary amides is 1. The van der Waals surface area contributed by atoms with Gasteiger partial charge in [-0.15, -0.1) is 0 Å². The molecule has 230 valence electrons. The molecule has 1 heterocycles. The van der Waals surface area contributed by atoms with E-state index < -0.39 is 37.6 Å². The summed E-state index contributed by atoms with van der Waals surface area (Å²) in [5, 5.41) is 13.9. The Morgan fingerprint density at radius 2 is 1.83 bits per heavy atom. The van der Waals surface area contributed by atoms with Crippen LogP contribution >= 0.6 is 7.60 Å². The van der Waals surface area contributed by atoms with E-state index in [1.54, 1.807) is 18.7 Å². The Balaban J connectivity index is 1.76. The zero-order chi connectivity index (χ0) is 29.8. The van der Waals surface area contributed by atoms with Crippen LogP contribution in [0.1, 0.15) is 70.8 Å². The number of carbonyl (C=O) groups is 3. The Bertz CT molecular complexity index is 1060. The summed E-state index contributed by atoms with van der Waals surface area (Å²) in [6.07, 6.45) is 2.81. The third kappa shape index (κ3) is 9.70. The molecule has 13 heteroatoms. The highest BCUT2D eigenvalue weighted by atomic mass is 31.2. The molecule has 12 nitrogen and oxygen atoms in total. The minimum Gasteiger partial charge on any atom is -0.491 e. The third-order valence-electron chi connectivity index (χ3n) is 7.43. The van der Waals surface area contributed by atoms with Crippen LogP contribution in [0.5, 0.6) is 5.75 Å². The molecule has 1 saturated carbocycles. The van der Waals surface area contributed by atoms with Gasteiger partial charge in [-0.1, -0.05) is 50.3 Å². The molecule has 0 saturated heterocycles. The van der Waals surface area contributed by atoms with E-state index in [2.05, 4.69) is 5.32 Å². The second-order valence-corrected chi connectivity index (χ2v) is 12.5. The number of para-hydroxylation sites is 1. The second kappa shape index (κ2) is 16.1. The molecule has 41 heavy (non-hydrogen) atoms. The average molecular weight is 598 g/mol. The predicted molar refractivity (Wildman–Crippen MR) is 151 cm³/mol. The first-order valence-electron chi connectivity index (χ1n) is 14.5. The Labute approximate surface area is 241 Å². The van der Waals surface area contributed by atoms with Crippen molar-refractivity contribution in [1.29, 1.82) is 0 Å². The molecule has 3 atom stereocenters. The lowest BCUT2D eigenvalue weighted by molar-refractivity contribution is -0.134. The van der Waals surface area contributed by atoms with Crippen LogP contribution in [-0.2, 0) is 34.5 Å². The van der Waals surface area contributed by atoms with E-state index in [4.69, 9.17) is 24.3 Å². The summed E-state index contributed by atoms with van der Waals surface area (Å²) in [5.41, 5.74) is 6.14. The molecule has 1 fully saturated rings. The Kier molecular flexibility index (Phi) is 12.9. The topological polar surface area (TPSA) is 167 Å². The van der Waals surface area contributed by atoms with Crippen LogP contribution in [0.3, 0.4) is 0 Å². The van der Waals surface area contributed by atoms with Gasteiger partial charge in [0.1, 0.15) is 12.4 Å². The van der Waals surface area contributed by atoms with E-state index in [1.807, 2.05) is 24.3 Å². The van der Waals surface area contributed by atoms with Gasteiger partial charge in [-0.3, -0.25) is 14.2 Å². The second-order valence-electron chi connectivity index (χ2n) is 10.4. The maximum absolute atomic E-state index is 13.5. The molecule has 0 bridgehead atoms. The standard InChI is InChI=1S/C28H44N3O9P/c1-3-38-41(36,39-4-2)27(34)22(30-26(33)24(40-28(29)35)18-20-10-6-5-7-11-20)14-15-25(32)31-16-17-37-23-13-9-8-12-21(23)19-31/h8-9,12-13,20,22,24,27,34H,3-7,10-11,14-19H2,1-2H3,(H2,29,35)(H,30,33)/t22-,24-,27?/m0/s1. The summed E-state index contributed by atoms with van der Waals surface area (Å²) in [5.74, 6) is -1.80. The van der Waals surface area contributed by atoms with Crippen LogP contribution in [0.25, 0.3) is 0 Å². The van der Waals surface area contributed by atoms with Crippen molar-refractivity contribution in [3.63, 3.8) is 0 Å². The van der Waals surface area contributed by atoms with Crippen LogP contribution in [0.15, 0.2) is 24.3 Å². The Hall–Kier alpha value is -2.66. The summed E-state index contributed by atoms with van der Waals surface area (Å²) in [7, 11) is -4.09. The van der Waals surface area contributed by atoms with Crippen molar-refractivity contribution < 1.29 is 42.6 Å². The summed E-state index contributed by atoms with van der Waals surface area (Å²) < 4.78 is 35.1. The van der Waals surface area contributed by atoms with Crippen LogP contribution in [-0.4, -0.2) is 72.3 Å². The highest BCUT2D eigenvalue weighted by Crippen LogP contribution is 2.53. The SMILES string of the molecule is CCOP(=O)(OCC)C(O)[C@H](CCC(=O)N1CCOc2ccccc2C1)NC(=O)[C@H](CC1CCCCC1)OC(N)=O. The van der Waals surface area contributed by atoms with Crippen molar-refractivity contribution in [2.24, 2.45) is 11.7 Å². The first kappa shape index (κ1) is 32.8. The zero-order valence-corrected chi connectivity index (χ0v) is 24.9. The molecule has 1 aliphatic carbocycles. The van der Waals surface area contributed by atoms with Crippen LogP contribution in [0.2, 0.25) is 0 Å². The van der Waals surface area contributed by atoms with Gasteiger partial charge in [0.25, 0.3) is 5.91 Å². The number of rotatable bonds is 14. The van der Waals surface area contributed by atoms with E-state index >= 15 is 0 Å². The molecule has 2 aliphatic rings. The van der Waals surface area contributed by atoms with Gasteiger partial charge in [0.2, 0.25) is 5.91 Å². The number of aliphatic hydroxyl groups is 1. The van der Waals surface area contributed by atoms with Gasteiger partial charge in [-0.2, -0.15) is 0 Å². The highest BCUT2D eigenvalue weighted by molar-refractivity contribution is 7.54. The van der Waals surface area contributed by atoms with Crippen molar-refractivity contribution in [3.8, 4) is 5.75 Å². The molecule has 0 aromatic heterocycles. The molecular formula is C28H44N3O9P. The van der Waals surface area contributed by atoms with E-state index in [0.717, 1.165) is 43.4 Å². The van der Waals surface area contributed by atoms with Gasteiger partial charge in [-0.05, 0) is 38.7 Å². The van der Waals surface area contributed by atoms with Gasteiger partial charge in [0.05, 0.1) is 25.8 Å². The van der Waals surface area contributed by atoms with Crippen molar-refractivity contribution in [1.82, 2.24) is 10.2 Å². The zero-order valence-electron chi connectivity index (χ0n) is 24.0. The number of fused-ring (bicyclic) bond motifs is 1. The summed E-state index contributed by atoms with van der Waals surface area (Å²) in [6, 6.07) is 6.27. The monoisotopic (exact) mass is 597 g/mol. The smallest absolute Gasteiger partial charge is 0.405 e. The van der Waals surface area contributed by atoms with E-state index in [-0.39, 0.29) is 44.3 Å². The number of ether oxygens (including phenoxy) is 2. The van der Waals surface area contributed by atoms with Gasteiger partial charge < -0.3 is 39.6 Å². The quantitative estimate of drug-likeness (QED) is 0.271. The molecular weight excluding hydrogens is 553 g/mol. The van der Waals surface area contributed by atoms with E-state index in [1.165, 1.54) is 0 Å². The number of hydrogen-bond acceptors (Lipinski definition) is 9. The van der Waals surface area contributed by atoms with Crippen LogP contribution < -0.4 is 15.8 Å². The summed E-state index contributed by atoms with van der Waals surface area (Å²) >= 11 is 0. The lowest BCUT2D eigenvalue weighted by atomic mass is 9.85. The van der Waals surface area contributed by atoms with Gasteiger partial charge in [0, 0.05) is 18.5 Å². The predicted octanol–water partition coefficient (Wildman–Crippen LogP) is 3.69. The number of aliphatic hydroxyl groups excluding tert-OH is 1. The minimum absolute atomic E-state index is 0.00376. The molecule has 3 rings (SSSR count). The first-order valence-corrected chi connectivity index (χ1v) is 16.1. The summed E-state index contributed by atoms with van der Waals surface area (Å²) in [4.78, 5) is 40.0.